The predicted octanol–water partition coefficient (Wildman–Crippen LogP) is 0.664. The molecule has 2 fully saturated rings. The van der Waals surface area contributed by atoms with Crippen LogP contribution in [-0.2, 0) is 16.1 Å². The van der Waals surface area contributed by atoms with E-state index in [0.717, 1.165) is 57.2 Å². The van der Waals surface area contributed by atoms with Crippen molar-refractivity contribution in [3.8, 4) is 0 Å². The molecule has 3 rings (SSSR count). The third-order valence-corrected chi connectivity index (χ3v) is 4.02. The van der Waals surface area contributed by atoms with E-state index in [-0.39, 0.29) is 11.8 Å². The van der Waals surface area contributed by atoms with Crippen LogP contribution >= 0.6 is 0 Å². The van der Waals surface area contributed by atoms with Crippen molar-refractivity contribution in [2.45, 2.75) is 19.9 Å². The molecule has 0 N–H and O–H groups in total. The second kappa shape index (κ2) is 5.93. The van der Waals surface area contributed by atoms with Crippen LogP contribution in [0.2, 0.25) is 0 Å². The van der Waals surface area contributed by atoms with Gasteiger partial charge in [-0.15, -0.1) is 0 Å². The minimum Gasteiger partial charge on any atom is -0.381 e. The maximum absolute atomic E-state index is 12.3. The molecule has 2 saturated heterocycles. The zero-order valence-electron chi connectivity index (χ0n) is 11.9. The van der Waals surface area contributed by atoms with E-state index in [1.165, 1.54) is 0 Å². The van der Waals surface area contributed by atoms with Crippen molar-refractivity contribution >= 4 is 5.91 Å². The van der Waals surface area contributed by atoms with Crippen LogP contribution in [0.25, 0.3) is 0 Å². The monoisotopic (exact) mass is 279 g/mol. The standard InChI is InChI=1S/C14H21N3O3/c1-11-8-13(20-15-11)9-16-3-5-17(6-4-16)14(18)12-2-7-19-10-12/h8,12H,2-7,9-10H2,1H3. The maximum atomic E-state index is 12.3. The van der Waals surface area contributed by atoms with Gasteiger partial charge in [-0.3, -0.25) is 9.69 Å². The van der Waals surface area contributed by atoms with Gasteiger partial charge in [-0.2, -0.15) is 0 Å². The van der Waals surface area contributed by atoms with Crippen molar-refractivity contribution in [2.75, 3.05) is 39.4 Å². The third-order valence-electron chi connectivity index (χ3n) is 4.02. The maximum Gasteiger partial charge on any atom is 0.228 e. The van der Waals surface area contributed by atoms with Crippen molar-refractivity contribution in [1.82, 2.24) is 15.0 Å². The first-order valence-electron chi connectivity index (χ1n) is 7.23. The summed E-state index contributed by atoms with van der Waals surface area (Å²) in [6.45, 7) is 7.38. The van der Waals surface area contributed by atoms with Crippen LogP contribution in [0.15, 0.2) is 10.6 Å². The largest absolute Gasteiger partial charge is 0.381 e. The number of rotatable bonds is 3. The highest BCUT2D eigenvalue weighted by Crippen LogP contribution is 2.17. The smallest absolute Gasteiger partial charge is 0.228 e. The molecular weight excluding hydrogens is 258 g/mol. The number of nitrogens with zero attached hydrogens (tertiary/aromatic N) is 3. The number of piperazine rings is 1. The highest BCUT2D eigenvalue weighted by atomic mass is 16.5. The quantitative estimate of drug-likeness (QED) is 0.813. The van der Waals surface area contributed by atoms with Gasteiger partial charge in [-0.25, -0.2) is 0 Å². The van der Waals surface area contributed by atoms with Gasteiger partial charge in [-0.1, -0.05) is 5.16 Å². The normalized spacial score (nSPS) is 24.2. The average Bonchev–Trinajstić information content (AvgIpc) is 3.11. The molecule has 0 aromatic carbocycles. The molecule has 2 aliphatic heterocycles. The Morgan fingerprint density at radius 1 is 1.40 bits per heavy atom. The van der Waals surface area contributed by atoms with Crippen molar-refractivity contribution in [2.24, 2.45) is 5.92 Å². The first kappa shape index (κ1) is 13.6. The Hall–Kier alpha value is -1.40. The summed E-state index contributed by atoms with van der Waals surface area (Å²) in [5, 5.41) is 3.90. The van der Waals surface area contributed by atoms with Crippen molar-refractivity contribution in [3.63, 3.8) is 0 Å². The molecule has 3 heterocycles. The van der Waals surface area contributed by atoms with E-state index in [0.29, 0.717) is 6.61 Å². The first-order valence-corrected chi connectivity index (χ1v) is 7.23. The van der Waals surface area contributed by atoms with Crippen LogP contribution in [-0.4, -0.2) is 60.3 Å². The number of aromatic nitrogens is 1. The summed E-state index contributed by atoms with van der Waals surface area (Å²) in [4.78, 5) is 16.5. The zero-order chi connectivity index (χ0) is 13.9. The highest BCUT2D eigenvalue weighted by Gasteiger charge is 2.30. The topological polar surface area (TPSA) is 58.8 Å². The van der Waals surface area contributed by atoms with Crippen LogP contribution in [0.4, 0.5) is 0 Å². The Labute approximate surface area is 118 Å². The second-order valence-corrected chi connectivity index (χ2v) is 5.60. The molecule has 0 saturated carbocycles. The van der Waals surface area contributed by atoms with E-state index in [4.69, 9.17) is 9.26 Å². The SMILES string of the molecule is Cc1cc(CN2CCN(C(=O)C3CCOC3)CC2)on1. The Balaban J connectivity index is 1.48. The minimum atomic E-state index is 0.0819. The van der Waals surface area contributed by atoms with Gasteiger partial charge in [-0.05, 0) is 13.3 Å². The molecule has 0 aliphatic carbocycles. The second-order valence-electron chi connectivity index (χ2n) is 5.60. The van der Waals surface area contributed by atoms with Crippen molar-refractivity contribution in [1.29, 1.82) is 0 Å². The molecule has 1 aromatic rings. The number of carbonyl (C=O) groups is 1. The molecule has 2 aliphatic rings. The third kappa shape index (κ3) is 3.02. The molecule has 20 heavy (non-hydrogen) atoms. The van der Waals surface area contributed by atoms with E-state index in [1.54, 1.807) is 0 Å². The van der Waals surface area contributed by atoms with Crippen molar-refractivity contribution in [3.05, 3.63) is 17.5 Å². The zero-order valence-corrected chi connectivity index (χ0v) is 11.9. The summed E-state index contributed by atoms with van der Waals surface area (Å²) in [5.74, 6) is 1.24. The lowest BCUT2D eigenvalue weighted by Crippen LogP contribution is -2.50. The molecule has 0 spiro atoms. The van der Waals surface area contributed by atoms with E-state index in [9.17, 15) is 4.79 Å². The Bertz CT molecular complexity index is 460. The Morgan fingerprint density at radius 3 is 2.80 bits per heavy atom. The van der Waals surface area contributed by atoms with Crippen LogP contribution in [0, 0.1) is 12.8 Å². The fraction of sp³-hybridized carbons (Fsp3) is 0.714. The van der Waals surface area contributed by atoms with Gasteiger partial charge in [0.1, 0.15) is 0 Å². The van der Waals surface area contributed by atoms with Crippen LogP contribution < -0.4 is 0 Å². The molecule has 1 amide bonds. The summed E-state index contributed by atoms with van der Waals surface area (Å²) in [5.41, 5.74) is 0.912. The Kier molecular flexibility index (Phi) is 4.03. The number of amides is 1. The van der Waals surface area contributed by atoms with Gasteiger partial charge >= 0.3 is 0 Å². The number of aryl methyl sites for hydroxylation is 1. The summed E-state index contributed by atoms with van der Waals surface area (Å²) in [6, 6.07) is 1.97. The lowest BCUT2D eigenvalue weighted by molar-refractivity contribution is -0.137. The lowest BCUT2D eigenvalue weighted by atomic mass is 10.1. The fourth-order valence-electron chi connectivity index (χ4n) is 2.83. The molecule has 0 radical (unpaired) electrons. The molecule has 0 bridgehead atoms. The van der Waals surface area contributed by atoms with Gasteiger partial charge in [0.15, 0.2) is 5.76 Å². The molecule has 110 valence electrons. The molecule has 1 aromatic heterocycles. The van der Waals surface area contributed by atoms with Gasteiger partial charge < -0.3 is 14.2 Å². The fourth-order valence-corrected chi connectivity index (χ4v) is 2.83. The lowest BCUT2D eigenvalue weighted by Gasteiger charge is -2.35. The summed E-state index contributed by atoms with van der Waals surface area (Å²) >= 11 is 0. The molecular formula is C14H21N3O3. The number of carbonyl (C=O) groups excluding carboxylic acids is 1. The molecule has 6 nitrogen and oxygen atoms in total. The van der Waals surface area contributed by atoms with Gasteiger partial charge in [0.25, 0.3) is 0 Å². The van der Waals surface area contributed by atoms with E-state index < -0.39 is 0 Å². The van der Waals surface area contributed by atoms with Gasteiger partial charge in [0, 0.05) is 38.9 Å². The predicted molar refractivity (Wildman–Crippen MR) is 72.0 cm³/mol. The van der Waals surface area contributed by atoms with E-state index in [2.05, 4.69) is 10.1 Å². The van der Waals surface area contributed by atoms with Crippen LogP contribution in [0.3, 0.4) is 0 Å². The molecule has 1 unspecified atom stereocenters. The molecule has 6 heteroatoms. The van der Waals surface area contributed by atoms with Gasteiger partial charge in [0.2, 0.25) is 5.91 Å². The number of ether oxygens (including phenoxy) is 1. The first-order chi connectivity index (χ1) is 9.72. The number of hydrogen-bond acceptors (Lipinski definition) is 5. The van der Waals surface area contributed by atoms with Crippen molar-refractivity contribution < 1.29 is 14.1 Å². The minimum absolute atomic E-state index is 0.0819. The van der Waals surface area contributed by atoms with Crippen LogP contribution in [0.1, 0.15) is 17.9 Å². The summed E-state index contributed by atoms with van der Waals surface area (Å²) in [6.07, 6.45) is 0.871. The van der Waals surface area contributed by atoms with E-state index >= 15 is 0 Å². The average molecular weight is 279 g/mol. The summed E-state index contributed by atoms with van der Waals surface area (Å²) < 4.78 is 10.5. The highest BCUT2D eigenvalue weighted by molar-refractivity contribution is 5.79. The summed E-state index contributed by atoms with van der Waals surface area (Å²) in [7, 11) is 0. The van der Waals surface area contributed by atoms with Gasteiger partial charge in [0.05, 0.1) is 24.8 Å². The molecule has 1 atom stereocenters. The van der Waals surface area contributed by atoms with E-state index in [1.807, 2.05) is 17.9 Å². The number of hydrogen-bond donors (Lipinski definition) is 0. The Morgan fingerprint density at radius 2 is 2.20 bits per heavy atom. The van der Waals surface area contributed by atoms with Crippen LogP contribution in [0.5, 0.6) is 0 Å².